The van der Waals surface area contributed by atoms with Crippen molar-refractivity contribution in [1.29, 1.82) is 0 Å². The summed E-state index contributed by atoms with van der Waals surface area (Å²) in [6, 6.07) is 172. The van der Waals surface area contributed by atoms with Crippen molar-refractivity contribution >= 4 is 38.9 Å². The van der Waals surface area contributed by atoms with Crippen molar-refractivity contribution in [2.45, 2.75) is 0 Å². The number of anilines is 3. The van der Waals surface area contributed by atoms with Crippen molar-refractivity contribution in [3.8, 4) is 162 Å². The molecule has 0 atom stereocenters. The van der Waals surface area contributed by atoms with E-state index >= 15 is 0 Å². The average Bonchev–Trinajstić information content (AvgIpc) is 1.59. The number of rotatable bonds is 18. The SMILES string of the molecule is [Pt+2].[Pt+2].[Pt+2].[c-]1c(-c2[c-]c(-c3ccccn3)cc(-c3ccccc3)c2)cccc1-c1cc(-c2ccccc2)ccn1.[c-]1c(-c2cc(-c3ccccc3)ccn2)cccc1N(c1[c-]c(-c2ccccn2)cc(-c2ccc(-c3ccccc3)cc2)c1)c1ccccc1.[c-]1c(-c2ccccn2)cccc1-n1c2[c-]c(-c3cc(-c4ccc(-c5ccccc5)cc4)ccn3)ccc2c2ccccc21. The van der Waals surface area contributed by atoms with Crippen LogP contribution in [-0.2, 0) is 63.2 Å². The van der Waals surface area contributed by atoms with Crippen LogP contribution in [0.1, 0.15) is 0 Å². The Labute approximate surface area is 807 Å². The molecular weight excluding hydrogens is 2140 g/mol. The van der Waals surface area contributed by atoms with E-state index < -0.39 is 0 Å². The summed E-state index contributed by atoms with van der Waals surface area (Å²) in [4.78, 5) is 30.2. The second-order valence-corrected chi connectivity index (χ2v) is 30.8. The second kappa shape index (κ2) is 41.8. The van der Waals surface area contributed by atoms with E-state index in [9.17, 15) is 0 Å². The fourth-order valence-corrected chi connectivity index (χ4v) is 16.2. The Bertz CT molecular complexity index is 7520. The van der Waals surface area contributed by atoms with E-state index in [0.29, 0.717) is 0 Å². The van der Waals surface area contributed by atoms with E-state index in [1.165, 1.54) is 33.2 Å². The molecule has 8 nitrogen and oxygen atoms in total. The zero-order valence-corrected chi connectivity index (χ0v) is 77.4. The van der Waals surface area contributed by atoms with Crippen LogP contribution in [0.5, 0.6) is 0 Å². The molecule has 15 aromatic carbocycles. The minimum absolute atomic E-state index is 0. The van der Waals surface area contributed by atoms with Crippen molar-refractivity contribution in [2.24, 2.45) is 0 Å². The van der Waals surface area contributed by atoms with E-state index in [1.54, 1.807) is 0 Å². The normalized spacial score (nSPS) is 10.7. The van der Waals surface area contributed by atoms with Crippen molar-refractivity contribution in [2.75, 3.05) is 4.90 Å². The first-order valence-electron chi connectivity index (χ1n) is 42.6. The maximum atomic E-state index is 4.76. The van der Waals surface area contributed by atoms with Gasteiger partial charge in [-0.2, -0.15) is 35.4 Å². The minimum atomic E-state index is 0. The maximum absolute atomic E-state index is 4.76. The second-order valence-electron chi connectivity index (χ2n) is 30.8. The topological polar surface area (TPSA) is 85.5 Å². The fourth-order valence-electron chi connectivity index (χ4n) is 16.2. The molecular formula is C120H78N8Pt3. The summed E-state index contributed by atoms with van der Waals surface area (Å²) in [6.07, 6.45) is 11.1. The minimum Gasteiger partial charge on any atom is -0.346 e. The number of pyridine rings is 6. The van der Waals surface area contributed by atoms with Gasteiger partial charge in [0, 0.05) is 59.8 Å². The molecule has 131 heavy (non-hydrogen) atoms. The molecule has 0 saturated carbocycles. The molecule has 0 N–H and O–H groups in total. The Hall–Kier alpha value is -15.1. The van der Waals surface area contributed by atoms with Crippen LogP contribution in [0, 0.1) is 36.4 Å². The fraction of sp³-hybridized carbons (Fsp3) is 0. The molecule has 7 heterocycles. The number of benzene rings is 15. The summed E-state index contributed by atoms with van der Waals surface area (Å²) in [5.74, 6) is 0. The van der Waals surface area contributed by atoms with Crippen molar-refractivity contribution < 1.29 is 63.2 Å². The average molecular weight is 2220 g/mol. The Balaban J connectivity index is 0.000000137. The quantitative estimate of drug-likeness (QED) is 0.0791. The Kier molecular flexibility index (Phi) is 28.0. The van der Waals surface area contributed by atoms with Crippen LogP contribution in [0.15, 0.2) is 474 Å². The number of nitrogens with zero attached hydrogens (tertiary/aromatic N) is 8. The van der Waals surface area contributed by atoms with Crippen molar-refractivity contribution in [3.63, 3.8) is 0 Å². The van der Waals surface area contributed by atoms with Crippen LogP contribution in [0.4, 0.5) is 17.1 Å². The van der Waals surface area contributed by atoms with Gasteiger partial charge in [-0.05, 0) is 172 Å². The molecule has 7 aromatic heterocycles. The smallest absolute Gasteiger partial charge is 0.346 e. The van der Waals surface area contributed by atoms with Gasteiger partial charge in [0.15, 0.2) is 0 Å². The Morgan fingerprint density at radius 3 is 1.02 bits per heavy atom. The van der Waals surface area contributed by atoms with Gasteiger partial charge in [0.2, 0.25) is 0 Å². The van der Waals surface area contributed by atoms with Crippen LogP contribution in [0.3, 0.4) is 0 Å². The molecule has 0 spiro atoms. The first-order valence-corrected chi connectivity index (χ1v) is 42.6. The molecule has 0 aliphatic rings. The number of fused-ring (bicyclic) bond motifs is 3. The number of aromatic nitrogens is 7. The van der Waals surface area contributed by atoms with Gasteiger partial charge in [0.1, 0.15) is 0 Å². The monoisotopic (exact) mass is 2220 g/mol. The molecule has 0 saturated heterocycles. The van der Waals surface area contributed by atoms with Crippen molar-refractivity contribution in [3.05, 3.63) is 510 Å². The van der Waals surface area contributed by atoms with Crippen LogP contribution < -0.4 is 4.90 Å². The van der Waals surface area contributed by atoms with Gasteiger partial charge >= 0.3 is 63.2 Å². The molecule has 0 fully saturated rings. The van der Waals surface area contributed by atoms with E-state index in [4.69, 9.17) is 15.0 Å². The first-order chi connectivity index (χ1) is 63.4. The van der Waals surface area contributed by atoms with E-state index in [-0.39, 0.29) is 63.2 Å². The summed E-state index contributed by atoms with van der Waals surface area (Å²) < 4.78 is 2.24. The van der Waals surface area contributed by atoms with E-state index in [2.05, 4.69) is 394 Å². The number of hydrogen-bond acceptors (Lipinski definition) is 7. The van der Waals surface area contributed by atoms with Gasteiger partial charge in [0.25, 0.3) is 0 Å². The number of hydrogen-bond donors (Lipinski definition) is 0. The van der Waals surface area contributed by atoms with Gasteiger partial charge in [0.05, 0.1) is 0 Å². The molecule has 0 aliphatic heterocycles. The molecule has 0 amide bonds. The van der Waals surface area contributed by atoms with Crippen molar-refractivity contribution in [1.82, 2.24) is 34.5 Å². The van der Waals surface area contributed by atoms with Gasteiger partial charge in [-0.3, -0.25) is 9.97 Å². The predicted molar refractivity (Wildman–Crippen MR) is 524 cm³/mol. The van der Waals surface area contributed by atoms with E-state index in [0.717, 1.165) is 168 Å². The van der Waals surface area contributed by atoms with Crippen LogP contribution in [0.2, 0.25) is 0 Å². The number of para-hydroxylation sites is 2. The van der Waals surface area contributed by atoms with Crippen LogP contribution in [-0.4, -0.2) is 34.5 Å². The largest absolute Gasteiger partial charge is 2.00 e. The van der Waals surface area contributed by atoms with Crippen LogP contribution in [0.25, 0.3) is 184 Å². The molecule has 0 aliphatic carbocycles. The summed E-state index contributed by atoms with van der Waals surface area (Å²) >= 11 is 0. The summed E-state index contributed by atoms with van der Waals surface area (Å²) in [7, 11) is 0. The first kappa shape index (κ1) is 87.9. The van der Waals surface area contributed by atoms with Gasteiger partial charge in [-0.25, -0.2) is 0 Å². The third-order valence-corrected chi connectivity index (χ3v) is 22.6. The third kappa shape index (κ3) is 20.2. The predicted octanol–water partition coefficient (Wildman–Crippen LogP) is 30.1. The van der Waals surface area contributed by atoms with Gasteiger partial charge in [-0.1, -0.05) is 308 Å². The summed E-state index contributed by atoms with van der Waals surface area (Å²) in [5.41, 5.74) is 34.8. The van der Waals surface area contributed by atoms with Crippen LogP contribution >= 0.6 is 0 Å². The summed E-state index contributed by atoms with van der Waals surface area (Å²) in [5, 5.41) is 2.32. The van der Waals surface area contributed by atoms with E-state index in [1.807, 2.05) is 140 Å². The Morgan fingerprint density at radius 1 is 0.183 bits per heavy atom. The molecule has 0 bridgehead atoms. The molecule has 628 valence electrons. The standard InChI is InChI=1S/C46H31N3.C40H25N3.C34H22N2.3Pt/c1-4-13-34(14-5-1)36-22-24-37(25-23-36)40-29-41(45-21-10-11-27-47-45)32-44(31-40)49(42-18-8-3-9-19-42)43-20-12-17-39(30-43)46-33-38(26-28-48-46)35-15-6-2-7-16-35;1-2-9-28(10-3-1)29-16-18-30(19-17-29)31-22-24-42-38(26-31)33-20-21-36-35-13-4-5-15-39(35)43(40(36)27-33)34-12-8-11-32(25-34)37-14-6-7-23-41-37;1-3-10-25(11-4-1)28-17-19-36-34(24-28)29-15-9-14-27(20-29)31-21-30(26-12-5-2-6-13-26)22-32(23-31)33-16-7-8-18-35-33;;;/h1-29,31,33H;1-24,26H;1-19,21-22,24H;;;/q3*-2;3*+2. The maximum Gasteiger partial charge on any atom is 2.00 e. The Morgan fingerprint density at radius 2 is 0.527 bits per heavy atom. The third-order valence-electron chi connectivity index (χ3n) is 22.6. The molecule has 0 radical (unpaired) electrons. The molecule has 22 rings (SSSR count). The molecule has 0 unspecified atom stereocenters. The summed E-state index contributed by atoms with van der Waals surface area (Å²) in [6.45, 7) is 0. The molecule has 11 heteroatoms. The zero-order valence-electron chi connectivity index (χ0n) is 70.6. The zero-order chi connectivity index (χ0) is 85.6. The van der Waals surface area contributed by atoms with Gasteiger partial charge < -0.3 is 29.4 Å². The molecule has 22 aromatic rings. The van der Waals surface area contributed by atoms with Gasteiger partial charge in [-0.15, -0.1) is 137 Å².